The fourth-order valence-electron chi connectivity index (χ4n) is 4.28. The van der Waals surface area contributed by atoms with Gasteiger partial charge in [-0.15, -0.1) is 0 Å². The summed E-state index contributed by atoms with van der Waals surface area (Å²) in [5.74, 6) is -1.57. The summed E-state index contributed by atoms with van der Waals surface area (Å²) < 4.78 is 14.8. The zero-order chi connectivity index (χ0) is 24.1. The molecule has 0 aliphatic heterocycles. The average Bonchev–Trinajstić information content (AvgIpc) is 2.85. The number of aromatic nitrogens is 2. The van der Waals surface area contributed by atoms with Gasteiger partial charge in [-0.25, -0.2) is 23.9 Å². The van der Waals surface area contributed by atoms with E-state index in [1.807, 2.05) is 6.07 Å². The summed E-state index contributed by atoms with van der Waals surface area (Å²) in [5.41, 5.74) is 1.04. The molecule has 34 heavy (non-hydrogen) atoms. The minimum Gasteiger partial charge on any atom is -0.478 e. The Hall–Kier alpha value is -4.32. The third kappa shape index (κ3) is 4.86. The van der Waals surface area contributed by atoms with Crippen LogP contribution in [-0.4, -0.2) is 27.1 Å². The van der Waals surface area contributed by atoms with Gasteiger partial charge in [-0.3, -0.25) is 0 Å². The van der Waals surface area contributed by atoms with Crippen molar-refractivity contribution in [3.05, 3.63) is 77.6 Å². The Kier molecular flexibility index (Phi) is 6.50. The number of benzene rings is 2. The van der Waals surface area contributed by atoms with Gasteiger partial charge < -0.3 is 15.7 Å². The van der Waals surface area contributed by atoms with Crippen molar-refractivity contribution < 1.29 is 19.1 Å². The number of aromatic carboxylic acids is 1. The molecular weight excluding hydrogens is 437 g/mol. The van der Waals surface area contributed by atoms with Crippen LogP contribution >= 0.6 is 0 Å². The number of carbonyl (C=O) groups excluding carboxylic acids is 1. The third-order valence-electron chi connectivity index (χ3n) is 5.98. The third-order valence-corrected chi connectivity index (χ3v) is 5.98. The van der Waals surface area contributed by atoms with E-state index in [1.165, 1.54) is 42.6 Å². The van der Waals surface area contributed by atoms with Gasteiger partial charge in [0, 0.05) is 17.4 Å². The van der Waals surface area contributed by atoms with Crippen LogP contribution in [0, 0.1) is 17.1 Å². The van der Waals surface area contributed by atoms with E-state index >= 15 is 0 Å². The van der Waals surface area contributed by atoms with E-state index in [9.17, 15) is 14.0 Å². The van der Waals surface area contributed by atoms with E-state index in [0.717, 1.165) is 19.3 Å². The minimum absolute atomic E-state index is 0.0405. The number of anilines is 1. The number of nitriles is 1. The van der Waals surface area contributed by atoms with Crippen molar-refractivity contribution in [2.45, 2.75) is 37.6 Å². The highest BCUT2D eigenvalue weighted by molar-refractivity contribution is 5.90. The smallest absolute Gasteiger partial charge is 0.335 e. The van der Waals surface area contributed by atoms with Crippen LogP contribution in [0.3, 0.4) is 0 Å². The van der Waals surface area contributed by atoms with E-state index in [0.29, 0.717) is 24.1 Å². The second-order valence-corrected chi connectivity index (χ2v) is 8.18. The Bertz CT molecular complexity index is 1260. The normalized spacial score (nSPS) is 14.6. The molecule has 0 unspecified atom stereocenters. The number of urea groups is 1. The van der Waals surface area contributed by atoms with Crippen molar-refractivity contribution in [2.24, 2.45) is 0 Å². The van der Waals surface area contributed by atoms with Gasteiger partial charge in [-0.1, -0.05) is 31.4 Å². The predicted octanol–water partition coefficient (Wildman–Crippen LogP) is 4.83. The van der Waals surface area contributed by atoms with Gasteiger partial charge in [-0.05, 0) is 54.8 Å². The van der Waals surface area contributed by atoms with E-state index < -0.39 is 23.4 Å². The number of rotatable bonds is 5. The van der Waals surface area contributed by atoms with Crippen LogP contribution < -0.4 is 10.6 Å². The molecule has 0 bridgehead atoms. The van der Waals surface area contributed by atoms with Gasteiger partial charge in [0.05, 0.1) is 16.8 Å². The minimum atomic E-state index is -1.06. The highest BCUT2D eigenvalue weighted by atomic mass is 19.1. The van der Waals surface area contributed by atoms with Crippen molar-refractivity contribution in [3.63, 3.8) is 0 Å². The van der Waals surface area contributed by atoms with Crippen LogP contribution in [0.1, 0.15) is 54.0 Å². The highest BCUT2D eigenvalue weighted by Crippen LogP contribution is 2.36. The van der Waals surface area contributed by atoms with E-state index in [-0.39, 0.29) is 22.6 Å². The summed E-state index contributed by atoms with van der Waals surface area (Å²) >= 11 is 0. The molecule has 172 valence electrons. The van der Waals surface area contributed by atoms with E-state index in [1.54, 1.807) is 12.1 Å². The molecule has 1 saturated carbocycles. The lowest BCUT2D eigenvalue weighted by Gasteiger charge is -2.37. The first-order valence-electron chi connectivity index (χ1n) is 10.9. The summed E-state index contributed by atoms with van der Waals surface area (Å²) in [5, 5.41) is 23.9. The zero-order valence-corrected chi connectivity index (χ0v) is 18.2. The maximum atomic E-state index is 14.8. The summed E-state index contributed by atoms with van der Waals surface area (Å²) in [6, 6.07) is 13.3. The Morgan fingerprint density at radius 2 is 1.79 bits per heavy atom. The quantitative estimate of drug-likeness (QED) is 0.501. The lowest BCUT2D eigenvalue weighted by molar-refractivity contribution is 0.0697. The first-order valence-corrected chi connectivity index (χ1v) is 10.9. The molecule has 3 N–H and O–H groups in total. The van der Waals surface area contributed by atoms with Crippen LogP contribution in [-0.2, 0) is 5.54 Å². The molecule has 8 nitrogen and oxygen atoms in total. The molecule has 1 aromatic heterocycles. The predicted molar refractivity (Wildman–Crippen MR) is 122 cm³/mol. The van der Waals surface area contributed by atoms with Gasteiger partial charge in [0.25, 0.3) is 0 Å². The highest BCUT2D eigenvalue weighted by Gasteiger charge is 2.37. The maximum Gasteiger partial charge on any atom is 0.335 e. The number of hydrogen-bond donors (Lipinski definition) is 3. The van der Waals surface area contributed by atoms with Crippen molar-refractivity contribution >= 4 is 17.7 Å². The van der Waals surface area contributed by atoms with Crippen LogP contribution in [0.15, 0.2) is 54.7 Å². The van der Waals surface area contributed by atoms with Gasteiger partial charge >= 0.3 is 12.0 Å². The van der Waals surface area contributed by atoms with Crippen molar-refractivity contribution in [2.75, 3.05) is 5.32 Å². The number of carbonyl (C=O) groups is 2. The molecule has 1 aliphatic carbocycles. The number of amides is 2. The lowest BCUT2D eigenvalue weighted by Crippen LogP contribution is -2.49. The monoisotopic (exact) mass is 459 g/mol. The summed E-state index contributed by atoms with van der Waals surface area (Å²) in [7, 11) is 0. The molecule has 0 spiro atoms. The molecule has 9 heteroatoms. The molecular formula is C25H22FN5O3. The Morgan fingerprint density at radius 1 is 1.06 bits per heavy atom. The van der Waals surface area contributed by atoms with Crippen molar-refractivity contribution in [3.8, 4) is 17.2 Å². The molecule has 1 heterocycles. The maximum absolute atomic E-state index is 14.8. The molecule has 0 atom stereocenters. The van der Waals surface area contributed by atoms with Gasteiger partial charge in [-0.2, -0.15) is 5.26 Å². The molecule has 3 aromatic rings. The number of hydrogen-bond acceptors (Lipinski definition) is 5. The fraction of sp³-hybridized carbons (Fsp3) is 0.240. The number of halogens is 1. The van der Waals surface area contributed by atoms with Crippen LogP contribution in [0.5, 0.6) is 0 Å². The Labute approximate surface area is 195 Å². The Balaban J connectivity index is 1.51. The van der Waals surface area contributed by atoms with Crippen molar-refractivity contribution in [1.29, 1.82) is 5.26 Å². The number of carboxylic acids is 1. The number of nitrogens with zero attached hydrogens (tertiary/aromatic N) is 3. The molecule has 4 rings (SSSR count). The molecule has 1 aliphatic rings. The molecule has 2 amide bonds. The van der Waals surface area contributed by atoms with Gasteiger partial charge in [0.1, 0.15) is 11.9 Å². The summed E-state index contributed by atoms with van der Waals surface area (Å²) in [6.07, 6.45) is 5.69. The van der Waals surface area contributed by atoms with Crippen LogP contribution in [0.2, 0.25) is 0 Å². The largest absolute Gasteiger partial charge is 0.478 e. The fourth-order valence-corrected chi connectivity index (χ4v) is 4.28. The number of nitrogens with one attached hydrogen (secondary N) is 2. The Morgan fingerprint density at radius 3 is 2.44 bits per heavy atom. The molecule has 1 fully saturated rings. The van der Waals surface area contributed by atoms with Crippen molar-refractivity contribution in [1.82, 2.24) is 15.3 Å². The average molecular weight is 459 g/mol. The van der Waals surface area contributed by atoms with Gasteiger partial charge in [0.2, 0.25) is 5.82 Å². The molecule has 0 saturated heterocycles. The standard InChI is InChI=1S/C25H22FN5O3/c26-20-14-18(8-9-19(20)16-4-6-17(7-5-16)23(32)33)29-24(34)31-25(11-2-1-3-12-25)21-10-13-28-22(15-27)30-21/h4-10,13-14H,1-3,11-12H2,(H,32,33)(H2,29,31,34). The van der Waals surface area contributed by atoms with Crippen LogP contribution in [0.25, 0.3) is 11.1 Å². The second-order valence-electron chi connectivity index (χ2n) is 8.18. The second kappa shape index (κ2) is 9.67. The summed E-state index contributed by atoms with van der Waals surface area (Å²) in [4.78, 5) is 32.1. The number of carboxylic acid groups (broad SMARTS) is 1. The first kappa shape index (κ1) is 22.9. The van der Waals surface area contributed by atoms with Gasteiger partial charge in [0.15, 0.2) is 0 Å². The summed E-state index contributed by atoms with van der Waals surface area (Å²) in [6.45, 7) is 0. The van der Waals surface area contributed by atoms with Crippen LogP contribution in [0.4, 0.5) is 14.9 Å². The zero-order valence-electron chi connectivity index (χ0n) is 18.2. The molecule has 0 radical (unpaired) electrons. The lowest BCUT2D eigenvalue weighted by atomic mass is 9.79. The topological polar surface area (TPSA) is 128 Å². The SMILES string of the molecule is N#Cc1nccc(C2(NC(=O)Nc3ccc(-c4ccc(C(=O)O)cc4)c(F)c3)CCCCC2)n1. The first-order chi connectivity index (χ1) is 16.4. The molecule has 2 aromatic carbocycles. The van der Waals surface area contributed by atoms with E-state index in [4.69, 9.17) is 10.4 Å². The van der Waals surface area contributed by atoms with E-state index in [2.05, 4.69) is 20.6 Å².